The number of hydrogen-bond acceptors (Lipinski definition) is 9. The van der Waals surface area contributed by atoms with Crippen LogP contribution in [0.1, 0.15) is 91.4 Å². The first-order chi connectivity index (χ1) is 25.0. The molecule has 5 unspecified atom stereocenters. The van der Waals surface area contributed by atoms with Gasteiger partial charge in [-0.05, 0) is 70.1 Å². The van der Waals surface area contributed by atoms with Gasteiger partial charge in [0.1, 0.15) is 23.3 Å². The van der Waals surface area contributed by atoms with Crippen LogP contribution in [0.25, 0.3) is 0 Å². The van der Waals surface area contributed by atoms with Gasteiger partial charge in [-0.15, -0.1) is 11.3 Å². The van der Waals surface area contributed by atoms with Gasteiger partial charge in [0.05, 0.1) is 23.7 Å². The number of aliphatic hydroxyl groups is 1. The molecule has 5 amide bonds. The molecular formula is C38H58F2N6O7S. The van der Waals surface area contributed by atoms with Crippen LogP contribution in [0.4, 0.5) is 13.6 Å². The molecule has 0 aliphatic heterocycles. The minimum Gasteiger partial charge on any atom is -0.442 e. The second kappa shape index (κ2) is 21.1. The molecule has 0 bridgehead atoms. The molecule has 2 rings (SSSR count). The minimum atomic E-state index is -1.38. The number of halogens is 2. The molecule has 0 saturated carbocycles. The normalized spacial score (nSPS) is 14.4. The van der Waals surface area contributed by atoms with Gasteiger partial charge in [0.2, 0.25) is 23.6 Å². The first kappa shape index (κ1) is 46.0. The van der Waals surface area contributed by atoms with E-state index in [-0.39, 0.29) is 49.1 Å². The number of carbonyl (C=O) groups excluding carboxylic acids is 5. The van der Waals surface area contributed by atoms with E-state index in [1.807, 2.05) is 26.2 Å². The van der Waals surface area contributed by atoms with Crippen molar-refractivity contribution in [1.29, 1.82) is 0 Å². The fourth-order valence-electron chi connectivity index (χ4n) is 5.24. The van der Waals surface area contributed by atoms with E-state index >= 15 is 0 Å². The van der Waals surface area contributed by atoms with Crippen molar-refractivity contribution in [3.63, 3.8) is 0 Å². The molecule has 1 heterocycles. The summed E-state index contributed by atoms with van der Waals surface area (Å²) in [7, 11) is 0. The number of rotatable bonds is 18. The number of aryl methyl sites for hydroxylation is 1. The fraction of sp³-hybridized carbons (Fsp3) is 0.632. The number of nitrogens with one attached hydrogen (secondary N) is 4. The Morgan fingerprint density at radius 2 is 1.54 bits per heavy atom. The van der Waals surface area contributed by atoms with Crippen LogP contribution in [0.3, 0.4) is 0 Å². The topological polar surface area (TPSA) is 179 Å². The van der Waals surface area contributed by atoms with Gasteiger partial charge in [-0.3, -0.25) is 24.6 Å². The summed E-state index contributed by atoms with van der Waals surface area (Å²) in [6.07, 6.45) is -2.70. The molecule has 5 N–H and O–H groups in total. The molecule has 5 atom stereocenters. The Bertz CT molecular complexity index is 1560. The maximum absolute atomic E-state index is 14.1. The molecular weight excluding hydrogens is 723 g/mol. The first-order valence-electron chi connectivity index (χ1n) is 18.3. The van der Waals surface area contributed by atoms with Crippen molar-refractivity contribution in [2.75, 3.05) is 13.1 Å². The lowest BCUT2D eigenvalue weighted by Crippen LogP contribution is -2.53. The summed E-state index contributed by atoms with van der Waals surface area (Å²) in [4.78, 5) is 70.0. The van der Waals surface area contributed by atoms with E-state index in [9.17, 15) is 37.9 Å². The van der Waals surface area contributed by atoms with E-state index in [2.05, 4.69) is 26.4 Å². The predicted molar refractivity (Wildman–Crippen MR) is 202 cm³/mol. The maximum Gasteiger partial charge on any atom is 0.429 e. The van der Waals surface area contributed by atoms with Gasteiger partial charge in [-0.2, -0.15) is 0 Å². The summed E-state index contributed by atoms with van der Waals surface area (Å²) in [5, 5.41) is 23.1. The van der Waals surface area contributed by atoms with Gasteiger partial charge in [-0.1, -0.05) is 41.5 Å². The molecule has 0 saturated heterocycles. The van der Waals surface area contributed by atoms with Crippen LogP contribution in [-0.4, -0.2) is 81.7 Å². The number of nitrogens with zero attached hydrogens (tertiary/aromatic N) is 2. The van der Waals surface area contributed by atoms with Gasteiger partial charge in [-0.25, -0.2) is 23.6 Å². The van der Waals surface area contributed by atoms with E-state index in [1.54, 1.807) is 48.5 Å². The van der Waals surface area contributed by atoms with Crippen LogP contribution in [0.2, 0.25) is 0 Å². The van der Waals surface area contributed by atoms with Gasteiger partial charge in [0.25, 0.3) is 0 Å². The van der Waals surface area contributed by atoms with Crippen LogP contribution < -0.4 is 21.4 Å². The van der Waals surface area contributed by atoms with Gasteiger partial charge >= 0.3 is 6.09 Å². The van der Waals surface area contributed by atoms with Crippen LogP contribution in [-0.2, 0) is 36.8 Å². The van der Waals surface area contributed by atoms with Crippen molar-refractivity contribution in [3.8, 4) is 0 Å². The quantitative estimate of drug-likeness (QED) is 0.136. The lowest BCUT2D eigenvalue weighted by molar-refractivity contribution is -0.132. The lowest BCUT2D eigenvalue weighted by atomic mass is 9.92. The zero-order chi connectivity index (χ0) is 40.9. The second-order valence-electron chi connectivity index (χ2n) is 15.6. The number of benzene rings is 1. The van der Waals surface area contributed by atoms with Crippen molar-refractivity contribution in [1.82, 2.24) is 31.4 Å². The number of aromatic nitrogens is 1. The van der Waals surface area contributed by atoms with Crippen molar-refractivity contribution in [3.05, 3.63) is 51.5 Å². The monoisotopic (exact) mass is 780 g/mol. The lowest BCUT2D eigenvalue weighted by Gasteiger charge is -2.29. The third-order valence-electron chi connectivity index (χ3n) is 8.18. The number of carbonyl (C=O) groups is 5. The number of hydrazine groups is 1. The van der Waals surface area contributed by atoms with Crippen molar-refractivity contribution >= 4 is 41.1 Å². The van der Waals surface area contributed by atoms with E-state index in [0.29, 0.717) is 19.0 Å². The standard InChI is InChI=1S/C38H58F2N6O7S/c1-21(2)19-41-36(51)33(22(3)4)44-34(49)23(5)13-30(47)29(17-26-15-27(39)18-28(40)16-26)43-31(48)11-12-46(37(52)53-38(8,9)10)45-35(50)24(6)14-32-42-25(7)20-54-32/h15-16,18,20-24,29-30,33,47H,11-14,17,19H2,1-10H3,(H,41,51)(H,43,48)(H,44,49)(H,45,50). The van der Waals surface area contributed by atoms with E-state index in [1.165, 1.54) is 11.3 Å². The third kappa shape index (κ3) is 16.5. The Morgan fingerprint density at radius 1 is 0.907 bits per heavy atom. The first-order valence-corrected chi connectivity index (χ1v) is 19.1. The molecule has 13 nitrogen and oxygen atoms in total. The smallest absolute Gasteiger partial charge is 0.429 e. The van der Waals surface area contributed by atoms with E-state index in [0.717, 1.165) is 27.8 Å². The van der Waals surface area contributed by atoms with Crippen LogP contribution in [0, 0.1) is 42.2 Å². The third-order valence-corrected chi connectivity index (χ3v) is 9.17. The van der Waals surface area contributed by atoms with Gasteiger partial charge in [0, 0.05) is 48.4 Å². The van der Waals surface area contributed by atoms with E-state index < -0.39 is 71.1 Å². The molecule has 1 aromatic carbocycles. The summed E-state index contributed by atoms with van der Waals surface area (Å²) in [5.41, 5.74) is 2.59. The zero-order valence-electron chi connectivity index (χ0n) is 33.0. The molecule has 0 radical (unpaired) electrons. The predicted octanol–water partition coefficient (Wildman–Crippen LogP) is 4.59. The molecule has 16 heteroatoms. The van der Waals surface area contributed by atoms with Crippen LogP contribution in [0.5, 0.6) is 0 Å². The minimum absolute atomic E-state index is 0.141. The summed E-state index contributed by atoms with van der Waals surface area (Å²) >= 11 is 1.41. The average Bonchev–Trinajstić information content (AvgIpc) is 3.46. The largest absolute Gasteiger partial charge is 0.442 e. The molecule has 2 aromatic rings. The Labute approximate surface area is 321 Å². The van der Waals surface area contributed by atoms with Crippen molar-refractivity contribution in [2.45, 2.75) is 119 Å². The number of ether oxygens (including phenoxy) is 1. The Hall–Kier alpha value is -4.18. The molecule has 1 aromatic heterocycles. The molecule has 54 heavy (non-hydrogen) atoms. The number of thiazole rings is 1. The number of hydrogen-bond donors (Lipinski definition) is 5. The number of aliphatic hydroxyl groups excluding tert-OH is 1. The van der Waals surface area contributed by atoms with Crippen LogP contribution in [0.15, 0.2) is 23.6 Å². The highest BCUT2D eigenvalue weighted by Crippen LogP contribution is 2.18. The maximum atomic E-state index is 14.1. The molecule has 0 aliphatic carbocycles. The Morgan fingerprint density at radius 3 is 2.07 bits per heavy atom. The highest BCUT2D eigenvalue weighted by atomic mass is 32.1. The summed E-state index contributed by atoms with van der Waals surface area (Å²) in [6, 6.07) is 0.885. The Kier molecular flexibility index (Phi) is 17.9. The summed E-state index contributed by atoms with van der Waals surface area (Å²) < 4.78 is 33.7. The summed E-state index contributed by atoms with van der Waals surface area (Å²) in [5.74, 6) is -5.15. The van der Waals surface area contributed by atoms with Crippen LogP contribution >= 0.6 is 11.3 Å². The van der Waals surface area contributed by atoms with Gasteiger partial charge < -0.3 is 25.8 Å². The highest BCUT2D eigenvalue weighted by Gasteiger charge is 2.31. The second-order valence-corrected chi connectivity index (χ2v) is 16.5. The van der Waals surface area contributed by atoms with Crippen molar-refractivity contribution < 1.29 is 42.6 Å². The molecule has 0 aliphatic rings. The SMILES string of the molecule is Cc1csc(CC(C)C(=O)NN(CCC(=O)NC(Cc2cc(F)cc(F)c2)C(O)CC(C)C(=O)NC(C(=O)NCC(C)C)C(C)C)C(=O)OC(C)(C)C)n1. The van der Waals surface area contributed by atoms with Gasteiger partial charge in [0.15, 0.2) is 0 Å². The molecule has 0 fully saturated rings. The Balaban J connectivity index is 2.21. The summed E-state index contributed by atoms with van der Waals surface area (Å²) in [6.45, 7) is 17.6. The average molecular weight is 781 g/mol. The van der Waals surface area contributed by atoms with Crippen molar-refractivity contribution in [2.24, 2.45) is 23.7 Å². The number of amides is 5. The molecule has 0 spiro atoms. The zero-order valence-corrected chi connectivity index (χ0v) is 33.9. The highest BCUT2D eigenvalue weighted by molar-refractivity contribution is 7.09. The molecule has 302 valence electrons. The van der Waals surface area contributed by atoms with E-state index in [4.69, 9.17) is 4.74 Å². The fourth-order valence-corrected chi connectivity index (χ4v) is 6.14.